The average Bonchev–Trinajstić information content (AvgIpc) is 3.13. The maximum absolute atomic E-state index is 13.1. The fraction of sp³-hybridized carbons (Fsp3) is 0.689. The summed E-state index contributed by atoms with van der Waals surface area (Å²) >= 11 is 1.24. The number of hydrogen-bond acceptors (Lipinski definition) is 4. The number of rotatable bonds is 31. The summed E-state index contributed by atoms with van der Waals surface area (Å²) < 4.78 is 5.58. The summed E-state index contributed by atoms with van der Waals surface area (Å²) in [5.41, 5.74) is 2.14. The quantitative estimate of drug-likeness (QED) is 0.0252. The molecule has 0 aromatic heterocycles. The third-order valence-electron chi connectivity index (χ3n) is 10.2. The summed E-state index contributed by atoms with van der Waals surface area (Å²) in [6, 6.07) is 15.8. The van der Waals surface area contributed by atoms with Crippen LogP contribution in [0.3, 0.4) is 0 Å². The van der Waals surface area contributed by atoms with Crippen molar-refractivity contribution in [3.63, 3.8) is 0 Å². The molecule has 6 heteroatoms. The minimum absolute atomic E-state index is 0. The van der Waals surface area contributed by atoms with E-state index in [2.05, 4.69) is 39.8 Å². The van der Waals surface area contributed by atoms with E-state index in [1.54, 1.807) is 12.1 Å². The molecular formula is C45H75ClO3PS+. The molecule has 290 valence electrons. The fourth-order valence-corrected chi connectivity index (χ4v) is 12.8. The summed E-state index contributed by atoms with van der Waals surface area (Å²) in [6.45, 7) is 9.23. The Morgan fingerprint density at radius 2 is 0.941 bits per heavy atom. The van der Waals surface area contributed by atoms with E-state index >= 15 is 0 Å². The number of unbranched alkanes of at least 4 members (excludes halogenated alkanes) is 18. The van der Waals surface area contributed by atoms with Gasteiger partial charge < -0.3 is 4.74 Å². The maximum atomic E-state index is 13.1. The van der Waals surface area contributed by atoms with Crippen LogP contribution in [0.15, 0.2) is 53.4 Å². The van der Waals surface area contributed by atoms with E-state index < -0.39 is 7.26 Å². The molecule has 0 N–H and O–H groups in total. The molecule has 2 aromatic carbocycles. The maximum Gasteiger partial charge on any atom is 0.311 e. The van der Waals surface area contributed by atoms with Crippen LogP contribution in [0.5, 0.6) is 5.75 Å². The third kappa shape index (κ3) is 22.5. The summed E-state index contributed by atoms with van der Waals surface area (Å²) in [7, 11) is -1.02. The zero-order chi connectivity index (χ0) is 36.1. The van der Waals surface area contributed by atoms with Gasteiger partial charge in [0, 0.05) is 24.1 Å². The Labute approximate surface area is 325 Å². The van der Waals surface area contributed by atoms with Crippen molar-refractivity contribution in [1.29, 1.82) is 0 Å². The number of ether oxygens (including phenoxy) is 1. The molecule has 0 amide bonds. The number of benzene rings is 2. The SMILES string of the molecule is CCCCCCCCCCCCCCCCCCC(=O)Oc1ccc(SC(=O)c2ccc(C[P+](CCCC)(CCCC)CCCC)cc2)cc1.Cl. The average molecular weight is 763 g/mol. The van der Waals surface area contributed by atoms with Crippen molar-refractivity contribution in [2.24, 2.45) is 0 Å². The van der Waals surface area contributed by atoms with Crippen LogP contribution in [-0.2, 0) is 11.0 Å². The lowest BCUT2D eigenvalue weighted by Crippen LogP contribution is -2.11. The molecular weight excluding hydrogens is 687 g/mol. The molecule has 0 saturated heterocycles. The van der Waals surface area contributed by atoms with Crippen LogP contribution in [0.1, 0.15) is 191 Å². The molecule has 0 radical (unpaired) electrons. The van der Waals surface area contributed by atoms with E-state index in [1.807, 2.05) is 24.3 Å². The van der Waals surface area contributed by atoms with Gasteiger partial charge in [-0.2, -0.15) is 0 Å². The molecule has 0 aliphatic carbocycles. The Balaban J connectivity index is 0.0000130. The predicted octanol–water partition coefficient (Wildman–Crippen LogP) is 15.5. The van der Waals surface area contributed by atoms with Crippen LogP contribution in [0.2, 0.25) is 0 Å². The number of carbonyl (C=O) groups excluding carboxylic acids is 2. The Morgan fingerprint density at radius 3 is 1.37 bits per heavy atom. The summed E-state index contributed by atoms with van der Waals surface area (Å²) in [5, 5.41) is 0.0498. The van der Waals surface area contributed by atoms with Crippen molar-refractivity contribution in [2.45, 2.75) is 186 Å². The highest BCUT2D eigenvalue weighted by molar-refractivity contribution is 8.14. The first kappa shape index (κ1) is 47.7. The number of thioether (sulfide) groups is 1. The van der Waals surface area contributed by atoms with Crippen molar-refractivity contribution in [1.82, 2.24) is 0 Å². The van der Waals surface area contributed by atoms with Gasteiger partial charge in [0.05, 0.1) is 24.6 Å². The summed E-state index contributed by atoms with van der Waals surface area (Å²) in [5.74, 6) is 0.381. The fourth-order valence-electron chi connectivity index (χ4n) is 6.93. The molecule has 0 aliphatic heterocycles. The van der Waals surface area contributed by atoms with Crippen molar-refractivity contribution >= 4 is 42.5 Å². The Morgan fingerprint density at radius 1 is 0.529 bits per heavy atom. The highest BCUT2D eigenvalue weighted by Gasteiger charge is 2.35. The number of carbonyl (C=O) groups is 2. The van der Waals surface area contributed by atoms with Crippen LogP contribution in [0.25, 0.3) is 0 Å². The standard InChI is InChI=1S/C45H74O3PS.ClH/c1-5-9-13-14-15-16-17-18-19-20-21-22-23-24-25-26-27-44(46)48-42-32-34-43(35-33-42)50-45(47)41-30-28-40(29-31-41)39-49(36-10-6-2,37-11-7-3)38-12-8-4;/h28-35H,5-27,36-39H2,1-4H3;1H/q+1;. The Hall–Kier alpha value is -1.35. The van der Waals surface area contributed by atoms with E-state index in [4.69, 9.17) is 4.74 Å². The first-order valence-corrected chi connectivity index (χ1v) is 24.3. The lowest BCUT2D eigenvalue weighted by atomic mass is 10.0. The lowest BCUT2D eigenvalue weighted by Gasteiger charge is -2.28. The number of hydrogen-bond donors (Lipinski definition) is 0. The van der Waals surface area contributed by atoms with Crippen LogP contribution in [0.4, 0.5) is 0 Å². The third-order valence-corrected chi connectivity index (χ3v) is 15.9. The van der Waals surface area contributed by atoms with E-state index in [0.717, 1.165) is 23.3 Å². The monoisotopic (exact) mass is 761 g/mol. The number of halogens is 1. The van der Waals surface area contributed by atoms with Crippen molar-refractivity contribution in [3.05, 3.63) is 59.7 Å². The summed E-state index contributed by atoms with van der Waals surface area (Å²) in [4.78, 5) is 26.4. The topological polar surface area (TPSA) is 43.4 Å². The van der Waals surface area contributed by atoms with Gasteiger partial charge in [-0.05, 0) is 67.3 Å². The van der Waals surface area contributed by atoms with E-state index in [-0.39, 0.29) is 23.5 Å². The van der Waals surface area contributed by atoms with E-state index in [1.165, 1.54) is 170 Å². The highest BCUT2D eigenvalue weighted by Crippen LogP contribution is 2.63. The lowest BCUT2D eigenvalue weighted by molar-refractivity contribution is -0.134. The van der Waals surface area contributed by atoms with Crippen molar-refractivity contribution in [2.75, 3.05) is 18.5 Å². The van der Waals surface area contributed by atoms with Gasteiger partial charge in [0.2, 0.25) is 5.12 Å². The van der Waals surface area contributed by atoms with Crippen LogP contribution >= 0.6 is 31.4 Å². The second-order valence-corrected chi connectivity index (χ2v) is 20.2. The first-order chi connectivity index (χ1) is 24.4. The molecule has 0 spiro atoms. The molecule has 0 saturated carbocycles. The van der Waals surface area contributed by atoms with Gasteiger partial charge in [0.1, 0.15) is 5.75 Å². The molecule has 2 aromatic rings. The molecule has 51 heavy (non-hydrogen) atoms. The zero-order valence-electron chi connectivity index (χ0n) is 33.2. The van der Waals surface area contributed by atoms with Gasteiger partial charge >= 0.3 is 5.97 Å². The minimum Gasteiger partial charge on any atom is -0.427 e. The smallest absolute Gasteiger partial charge is 0.311 e. The van der Waals surface area contributed by atoms with Gasteiger partial charge in [-0.25, -0.2) is 0 Å². The highest BCUT2D eigenvalue weighted by atomic mass is 35.5. The molecule has 0 unspecified atom stereocenters. The van der Waals surface area contributed by atoms with E-state index in [9.17, 15) is 9.59 Å². The molecule has 0 atom stereocenters. The summed E-state index contributed by atoms with van der Waals surface area (Å²) in [6.07, 6.45) is 34.9. The second kappa shape index (κ2) is 31.0. The Bertz CT molecular complexity index is 1120. The Kier molecular flexibility index (Phi) is 29.0. The molecule has 3 nitrogen and oxygen atoms in total. The zero-order valence-corrected chi connectivity index (χ0v) is 35.7. The predicted molar refractivity (Wildman–Crippen MR) is 230 cm³/mol. The second-order valence-electron chi connectivity index (χ2n) is 14.8. The van der Waals surface area contributed by atoms with Crippen LogP contribution < -0.4 is 4.74 Å². The molecule has 0 bridgehead atoms. The molecule has 0 fully saturated rings. The molecule has 0 aliphatic rings. The van der Waals surface area contributed by atoms with Crippen molar-refractivity contribution in [3.8, 4) is 5.75 Å². The van der Waals surface area contributed by atoms with Gasteiger partial charge in [-0.3, -0.25) is 9.59 Å². The van der Waals surface area contributed by atoms with Gasteiger partial charge in [0.25, 0.3) is 0 Å². The number of esters is 1. The van der Waals surface area contributed by atoms with Gasteiger partial charge in [-0.1, -0.05) is 168 Å². The largest absolute Gasteiger partial charge is 0.427 e. The minimum atomic E-state index is -1.02. The van der Waals surface area contributed by atoms with Gasteiger partial charge in [0.15, 0.2) is 0 Å². The van der Waals surface area contributed by atoms with Crippen molar-refractivity contribution < 1.29 is 14.3 Å². The van der Waals surface area contributed by atoms with Gasteiger partial charge in [-0.15, -0.1) is 12.4 Å². The first-order valence-electron chi connectivity index (χ1n) is 20.9. The van der Waals surface area contributed by atoms with Crippen LogP contribution in [0, 0.1) is 0 Å². The van der Waals surface area contributed by atoms with E-state index in [0.29, 0.717) is 12.2 Å². The van der Waals surface area contributed by atoms with Crippen LogP contribution in [-0.4, -0.2) is 29.6 Å². The molecule has 2 rings (SSSR count). The molecule has 0 heterocycles. The normalized spacial score (nSPS) is 11.4.